The van der Waals surface area contributed by atoms with Gasteiger partial charge in [-0.15, -0.1) is 0 Å². The second-order valence-electron chi connectivity index (χ2n) is 5.28. The van der Waals surface area contributed by atoms with Gasteiger partial charge in [0.15, 0.2) is 0 Å². The molecule has 1 saturated heterocycles. The predicted octanol–water partition coefficient (Wildman–Crippen LogP) is 2.08. The largest absolute Gasteiger partial charge is 0.346 e. The van der Waals surface area contributed by atoms with Gasteiger partial charge in [0.05, 0.1) is 5.92 Å². The van der Waals surface area contributed by atoms with Crippen LogP contribution in [0.1, 0.15) is 25.8 Å². The number of rotatable bonds is 4. The van der Waals surface area contributed by atoms with Crippen LogP contribution < -0.4 is 4.90 Å². The predicted molar refractivity (Wildman–Crippen MR) is 79.6 cm³/mol. The van der Waals surface area contributed by atoms with E-state index in [9.17, 15) is 9.59 Å². The summed E-state index contributed by atoms with van der Waals surface area (Å²) in [5, 5.41) is 0. The van der Waals surface area contributed by atoms with Gasteiger partial charge in [-0.3, -0.25) is 9.59 Å². The van der Waals surface area contributed by atoms with Crippen LogP contribution in [-0.2, 0) is 16.0 Å². The standard InChI is InChI=1S/C16H22N2O2/c1-4-12-6-8-14(9-7-12)18-11-13(10-15(18)19)16(20)17(3)5-2/h6-9,13H,4-5,10-11H2,1-3H3. The molecule has 0 bridgehead atoms. The van der Waals surface area contributed by atoms with Crippen LogP contribution >= 0.6 is 0 Å². The summed E-state index contributed by atoms with van der Waals surface area (Å²) in [6.07, 6.45) is 1.30. The third kappa shape index (κ3) is 2.84. The van der Waals surface area contributed by atoms with Crippen LogP contribution in [0.2, 0.25) is 0 Å². The second-order valence-corrected chi connectivity index (χ2v) is 5.28. The summed E-state index contributed by atoms with van der Waals surface area (Å²) in [6, 6.07) is 8.01. The molecule has 0 spiro atoms. The Morgan fingerprint density at radius 1 is 1.30 bits per heavy atom. The summed E-state index contributed by atoms with van der Waals surface area (Å²) in [6.45, 7) is 5.21. The average molecular weight is 274 g/mol. The molecule has 2 rings (SSSR count). The number of carbonyl (C=O) groups excluding carboxylic acids is 2. The Morgan fingerprint density at radius 2 is 1.95 bits per heavy atom. The minimum atomic E-state index is -0.210. The van der Waals surface area contributed by atoms with Gasteiger partial charge >= 0.3 is 0 Å². The van der Waals surface area contributed by atoms with Crippen LogP contribution in [0.4, 0.5) is 5.69 Å². The summed E-state index contributed by atoms with van der Waals surface area (Å²) < 4.78 is 0. The van der Waals surface area contributed by atoms with Crippen molar-refractivity contribution in [2.75, 3.05) is 25.0 Å². The van der Waals surface area contributed by atoms with Crippen LogP contribution in [-0.4, -0.2) is 36.9 Å². The van der Waals surface area contributed by atoms with E-state index in [2.05, 4.69) is 6.92 Å². The lowest BCUT2D eigenvalue weighted by Gasteiger charge is -2.20. The summed E-state index contributed by atoms with van der Waals surface area (Å²) >= 11 is 0. The maximum atomic E-state index is 12.1. The van der Waals surface area contributed by atoms with Gasteiger partial charge < -0.3 is 9.80 Å². The van der Waals surface area contributed by atoms with Crippen molar-refractivity contribution in [2.45, 2.75) is 26.7 Å². The maximum absolute atomic E-state index is 12.1. The first-order valence-corrected chi connectivity index (χ1v) is 7.21. The Balaban J connectivity index is 2.10. The minimum absolute atomic E-state index is 0.0390. The first-order valence-electron chi connectivity index (χ1n) is 7.21. The molecule has 0 saturated carbocycles. The van der Waals surface area contributed by atoms with Gasteiger partial charge in [0.25, 0.3) is 0 Å². The highest BCUT2D eigenvalue weighted by Gasteiger charge is 2.36. The quantitative estimate of drug-likeness (QED) is 0.843. The molecule has 108 valence electrons. The van der Waals surface area contributed by atoms with Gasteiger partial charge in [-0.1, -0.05) is 19.1 Å². The van der Waals surface area contributed by atoms with E-state index in [1.54, 1.807) is 16.8 Å². The molecule has 2 amide bonds. The SMILES string of the molecule is CCc1ccc(N2CC(C(=O)N(C)CC)CC2=O)cc1. The normalized spacial score (nSPS) is 18.4. The van der Waals surface area contributed by atoms with Crippen molar-refractivity contribution in [2.24, 2.45) is 5.92 Å². The molecule has 1 fully saturated rings. The number of carbonyl (C=O) groups is 2. The van der Waals surface area contributed by atoms with E-state index in [1.807, 2.05) is 31.2 Å². The highest BCUT2D eigenvalue weighted by atomic mass is 16.2. The molecule has 4 nitrogen and oxygen atoms in total. The number of hydrogen-bond acceptors (Lipinski definition) is 2. The fourth-order valence-corrected chi connectivity index (χ4v) is 2.50. The van der Waals surface area contributed by atoms with Crippen LogP contribution in [0.5, 0.6) is 0 Å². The maximum Gasteiger partial charge on any atom is 0.227 e. The van der Waals surface area contributed by atoms with Gasteiger partial charge in [-0.25, -0.2) is 0 Å². The van der Waals surface area contributed by atoms with Crippen LogP contribution in [0.15, 0.2) is 24.3 Å². The van der Waals surface area contributed by atoms with E-state index < -0.39 is 0 Å². The first-order chi connectivity index (χ1) is 9.56. The van der Waals surface area contributed by atoms with Gasteiger partial charge in [0.2, 0.25) is 11.8 Å². The summed E-state index contributed by atoms with van der Waals surface area (Å²) in [5.74, 6) is -0.107. The number of aryl methyl sites for hydroxylation is 1. The van der Waals surface area contributed by atoms with Crippen molar-refractivity contribution < 1.29 is 9.59 Å². The molecule has 0 N–H and O–H groups in total. The van der Waals surface area contributed by atoms with Gasteiger partial charge in [-0.05, 0) is 31.0 Å². The van der Waals surface area contributed by atoms with Gasteiger partial charge in [0, 0.05) is 32.2 Å². The van der Waals surface area contributed by atoms with E-state index >= 15 is 0 Å². The molecule has 1 aromatic rings. The molecule has 0 radical (unpaired) electrons. The lowest BCUT2D eigenvalue weighted by molar-refractivity contribution is -0.134. The molecule has 1 heterocycles. The summed E-state index contributed by atoms with van der Waals surface area (Å²) in [5.41, 5.74) is 2.14. The van der Waals surface area contributed by atoms with E-state index in [0.717, 1.165) is 12.1 Å². The van der Waals surface area contributed by atoms with Crippen molar-refractivity contribution in [1.29, 1.82) is 0 Å². The lowest BCUT2D eigenvalue weighted by atomic mass is 10.1. The van der Waals surface area contributed by atoms with E-state index in [-0.39, 0.29) is 17.7 Å². The van der Waals surface area contributed by atoms with E-state index in [0.29, 0.717) is 19.5 Å². The van der Waals surface area contributed by atoms with Crippen molar-refractivity contribution >= 4 is 17.5 Å². The summed E-state index contributed by atoms with van der Waals surface area (Å²) in [7, 11) is 1.78. The Kier molecular flexibility index (Phi) is 4.42. The summed E-state index contributed by atoms with van der Waals surface area (Å²) in [4.78, 5) is 27.7. The Labute approximate surface area is 120 Å². The van der Waals surface area contributed by atoms with Crippen molar-refractivity contribution in [3.8, 4) is 0 Å². The molecule has 1 aromatic carbocycles. The zero-order valence-corrected chi connectivity index (χ0v) is 12.4. The molecular weight excluding hydrogens is 252 g/mol. The smallest absolute Gasteiger partial charge is 0.227 e. The molecule has 1 atom stereocenters. The first kappa shape index (κ1) is 14.6. The average Bonchev–Trinajstić information content (AvgIpc) is 2.87. The number of amides is 2. The third-order valence-electron chi connectivity index (χ3n) is 3.98. The van der Waals surface area contributed by atoms with E-state index in [4.69, 9.17) is 0 Å². The van der Waals surface area contributed by atoms with Gasteiger partial charge in [0.1, 0.15) is 0 Å². The fourth-order valence-electron chi connectivity index (χ4n) is 2.50. The molecular formula is C16H22N2O2. The topological polar surface area (TPSA) is 40.6 Å². The Morgan fingerprint density at radius 3 is 2.50 bits per heavy atom. The Hall–Kier alpha value is -1.84. The van der Waals surface area contributed by atoms with Crippen molar-refractivity contribution in [3.05, 3.63) is 29.8 Å². The molecule has 0 aromatic heterocycles. The number of benzene rings is 1. The molecule has 1 aliphatic heterocycles. The van der Waals surface area contributed by atoms with E-state index in [1.165, 1.54) is 5.56 Å². The molecule has 1 aliphatic rings. The highest BCUT2D eigenvalue weighted by Crippen LogP contribution is 2.26. The lowest BCUT2D eigenvalue weighted by Crippen LogP contribution is -2.34. The highest BCUT2D eigenvalue weighted by molar-refractivity contribution is 6.00. The zero-order valence-electron chi connectivity index (χ0n) is 12.4. The van der Waals surface area contributed by atoms with Crippen molar-refractivity contribution in [3.63, 3.8) is 0 Å². The molecule has 4 heteroatoms. The fraction of sp³-hybridized carbons (Fsp3) is 0.500. The van der Waals surface area contributed by atoms with Crippen molar-refractivity contribution in [1.82, 2.24) is 4.90 Å². The number of anilines is 1. The second kappa shape index (κ2) is 6.07. The van der Waals surface area contributed by atoms with Gasteiger partial charge in [-0.2, -0.15) is 0 Å². The molecule has 20 heavy (non-hydrogen) atoms. The number of hydrogen-bond donors (Lipinski definition) is 0. The van der Waals surface area contributed by atoms with Crippen LogP contribution in [0.25, 0.3) is 0 Å². The molecule has 1 unspecified atom stereocenters. The minimum Gasteiger partial charge on any atom is -0.346 e. The molecule has 0 aliphatic carbocycles. The number of nitrogens with zero attached hydrogens (tertiary/aromatic N) is 2. The van der Waals surface area contributed by atoms with Crippen LogP contribution in [0.3, 0.4) is 0 Å². The monoisotopic (exact) mass is 274 g/mol. The third-order valence-corrected chi connectivity index (χ3v) is 3.98. The van der Waals surface area contributed by atoms with Crippen LogP contribution in [0, 0.1) is 5.92 Å². The Bertz CT molecular complexity index is 496. The zero-order chi connectivity index (χ0) is 14.7.